The van der Waals surface area contributed by atoms with Crippen molar-refractivity contribution >= 4 is 34.8 Å². The molecule has 0 saturated heterocycles. The van der Waals surface area contributed by atoms with Crippen LogP contribution < -0.4 is 5.32 Å². The van der Waals surface area contributed by atoms with E-state index in [9.17, 15) is 4.39 Å². The first-order chi connectivity index (χ1) is 9.52. The molecular weight excluding hydrogens is 320 g/mol. The largest absolute Gasteiger partial charge is 0.313 e. The molecule has 2 aromatic carbocycles. The molecule has 0 amide bonds. The summed E-state index contributed by atoms with van der Waals surface area (Å²) in [6.07, 6.45) is 0.536. The first-order valence-electron chi connectivity index (χ1n) is 6.08. The summed E-state index contributed by atoms with van der Waals surface area (Å²) in [6.45, 7) is 0. The van der Waals surface area contributed by atoms with Crippen LogP contribution in [-0.4, -0.2) is 7.05 Å². The number of nitrogens with one attached hydrogen (secondary N) is 1. The van der Waals surface area contributed by atoms with Crippen molar-refractivity contribution in [3.63, 3.8) is 0 Å². The Morgan fingerprint density at radius 2 is 1.90 bits per heavy atom. The van der Waals surface area contributed by atoms with Gasteiger partial charge in [0.1, 0.15) is 5.82 Å². The number of likely N-dealkylation sites (N-methyl/N-ethyl adjacent to an activating group) is 1. The average molecular weight is 333 g/mol. The highest BCUT2D eigenvalue weighted by Crippen LogP contribution is 2.30. The number of hydrogen-bond acceptors (Lipinski definition) is 1. The van der Waals surface area contributed by atoms with Gasteiger partial charge in [-0.3, -0.25) is 0 Å². The van der Waals surface area contributed by atoms with Gasteiger partial charge in [-0.05, 0) is 42.8 Å². The third kappa shape index (κ3) is 3.44. The molecule has 0 aliphatic heterocycles. The van der Waals surface area contributed by atoms with E-state index in [1.54, 1.807) is 24.3 Å². The van der Waals surface area contributed by atoms with Gasteiger partial charge in [-0.25, -0.2) is 4.39 Å². The smallest absolute Gasteiger partial charge is 0.142 e. The highest BCUT2D eigenvalue weighted by atomic mass is 35.5. The molecule has 0 saturated carbocycles. The van der Waals surface area contributed by atoms with E-state index in [0.717, 1.165) is 11.1 Å². The van der Waals surface area contributed by atoms with Gasteiger partial charge in [-0.2, -0.15) is 0 Å². The lowest BCUT2D eigenvalue weighted by atomic mass is 9.99. The van der Waals surface area contributed by atoms with Crippen LogP contribution in [0.15, 0.2) is 36.4 Å². The van der Waals surface area contributed by atoms with E-state index >= 15 is 0 Å². The molecule has 0 fully saturated rings. The van der Waals surface area contributed by atoms with Gasteiger partial charge in [0.15, 0.2) is 0 Å². The summed E-state index contributed by atoms with van der Waals surface area (Å²) in [6, 6.07) is 10.1. The minimum Gasteiger partial charge on any atom is -0.313 e. The summed E-state index contributed by atoms with van der Waals surface area (Å²) in [5, 5.41) is 4.47. The van der Waals surface area contributed by atoms with Crippen molar-refractivity contribution in [3.05, 3.63) is 68.4 Å². The Hall–Kier alpha value is -0.800. The van der Waals surface area contributed by atoms with E-state index in [1.165, 1.54) is 6.07 Å². The summed E-state index contributed by atoms with van der Waals surface area (Å²) in [5.74, 6) is -0.416. The van der Waals surface area contributed by atoms with Gasteiger partial charge in [0, 0.05) is 16.1 Å². The predicted octanol–water partition coefficient (Wildman–Crippen LogP) is 5.29. The molecule has 2 rings (SSSR count). The normalized spacial score (nSPS) is 12.4. The van der Waals surface area contributed by atoms with E-state index in [-0.39, 0.29) is 11.1 Å². The fourth-order valence-electron chi connectivity index (χ4n) is 2.08. The van der Waals surface area contributed by atoms with Gasteiger partial charge in [0.25, 0.3) is 0 Å². The van der Waals surface area contributed by atoms with Crippen molar-refractivity contribution in [3.8, 4) is 0 Å². The van der Waals surface area contributed by atoms with Gasteiger partial charge < -0.3 is 5.32 Å². The van der Waals surface area contributed by atoms with E-state index in [2.05, 4.69) is 5.32 Å². The minimum absolute atomic E-state index is 0.0703. The van der Waals surface area contributed by atoms with Gasteiger partial charge in [-0.15, -0.1) is 0 Å². The summed E-state index contributed by atoms with van der Waals surface area (Å²) in [7, 11) is 1.82. The maximum atomic E-state index is 13.5. The molecule has 1 atom stereocenters. The average Bonchev–Trinajstić information content (AvgIpc) is 2.41. The third-order valence-corrected chi connectivity index (χ3v) is 4.13. The van der Waals surface area contributed by atoms with Crippen LogP contribution in [0.1, 0.15) is 17.2 Å². The van der Waals surface area contributed by atoms with Gasteiger partial charge >= 0.3 is 0 Å². The van der Waals surface area contributed by atoms with E-state index in [0.29, 0.717) is 16.5 Å². The molecule has 0 aliphatic rings. The molecule has 1 nitrogen and oxygen atoms in total. The Bertz CT molecular complexity index is 616. The summed E-state index contributed by atoms with van der Waals surface area (Å²) in [4.78, 5) is 0. The molecule has 0 bridgehead atoms. The van der Waals surface area contributed by atoms with Gasteiger partial charge in [0.05, 0.1) is 5.02 Å². The van der Waals surface area contributed by atoms with Gasteiger partial charge in [0.2, 0.25) is 0 Å². The van der Waals surface area contributed by atoms with Crippen LogP contribution in [-0.2, 0) is 6.42 Å². The first-order valence-corrected chi connectivity index (χ1v) is 7.21. The summed E-state index contributed by atoms with van der Waals surface area (Å²) < 4.78 is 13.5. The lowest BCUT2D eigenvalue weighted by Gasteiger charge is -2.19. The second-order valence-corrected chi connectivity index (χ2v) is 5.65. The van der Waals surface area contributed by atoms with Crippen LogP contribution in [0.5, 0.6) is 0 Å². The Morgan fingerprint density at radius 3 is 2.55 bits per heavy atom. The lowest BCUT2D eigenvalue weighted by Crippen LogP contribution is -2.19. The Balaban J connectivity index is 2.31. The highest BCUT2D eigenvalue weighted by molar-refractivity contribution is 6.35. The molecule has 0 radical (unpaired) electrons. The van der Waals surface area contributed by atoms with Crippen LogP contribution in [0.3, 0.4) is 0 Å². The highest BCUT2D eigenvalue weighted by Gasteiger charge is 2.16. The van der Waals surface area contributed by atoms with Crippen molar-refractivity contribution in [2.75, 3.05) is 7.05 Å². The summed E-state index contributed by atoms with van der Waals surface area (Å²) in [5.41, 5.74) is 1.64. The fourth-order valence-corrected chi connectivity index (χ4v) is 2.82. The zero-order chi connectivity index (χ0) is 14.7. The van der Waals surface area contributed by atoms with Crippen LogP contribution in [0, 0.1) is 5.82 Å². The van der Waals surface area contributed by atoms with E-state index in [4.69, 9.17) is 34.8 Å². The molecule has 0 spiro atoms. The van der Waals surface area contributed by atoms with Crippen LogP contribution in [0.2, 0.25) is 15.1 Å². The molecule has 0 aliphatic carbocycles. The van der Waals surface area contributed by atoms with Crippen LogP contribution >= 0.6 is 34.8 Å². The third-order valence-electron chi connectivity index (χ3n) is 3.14. The second kappa shape index (κ2) is 6.77. The zero-order valence-electron chi connectivity index (χ0n) is 10.8. The number of benzene rings is 2. The standard InChI is InChI=1S/C15H13Cl3FN/c1-20-14(11-6-5-10(16)8-12(11)17)7-9-3-2-4-13(19)15(9)18/h2-6,8,14,20H,7H2,1H3. The van der Waals surface area contributed by atoms with Crippen LogP contribution in [0.25, 0.3) is 0 Å². The molecular formula is C15H13Cl3FN. The molecule has 1 N–H and O–H groups in total. The van der Waals surface area contributed by atoms with E-state index < -0.39 is 5.82 Å². The maximum Gasteiger partial charge on any atom is 0.142 e. The van der Waals surface area contributed by atoms with Gasteiger partial charge in [-0.1, -0.05) is 53.0 Å². The first kappa shape index (κ1) is 15.6. The lowest BCUT2D eigenvalue weighted by molar-refractivity contribution is 0.584. The van der Waals surface area contributed by atoms with Crippen molar-refractivity contribution < 1.29 is 4.39 Å². The molecule has 0 heterocycles. The Labute approximate surface area is 132 Å². The predicted molar refractivity (Wildman–Crippen MR) is 83.4 cm³/mol. The second-order valence-electron chi connectivity index (χ2n) is 4.42. The molecule has 0 aromatic heterocycles. The van der Waals surface area contributed by atoms with Crippen LogP contribution in [0.4, 0.5) is 4.39 Å². The van der Waals surface area contributed by atoms with Crippen molar-refractivity contribution in [1.29, 1.82) is 0 Å². The number of halogens is 4. The van der Waals surface area contributed by atoms with Crippen molar-refractivity contribution in [2.45, 2.75) is 12.5 Å². The van der Waals surface area contributed by atoms with E-state index in [1.807, 2.05) is 13.1 Å². The Morgan fingerprint density at radius 1 is 1.15 bits per heavy atom. The number of hydrogen-bond donors (Lipinski definition) is 1. The SMILES string of the molecule is CNC(Cc1cccc(F)c1Cl)c1ccc(Cl)cc1Cl. The molecule has 5 heteroatoms. The quantitative estimate of drug-likeness (QED) is 0.802. The fraction of sp³-hybridized carbons (Fsp3) is 0.200. The number of rotatable bonds is 4. The Kier molecular flexibility index (Phi) is 5.28. The molecule has 106 valence electrons. The zero-order valence-corrected chi connectivity index (χ0v) is 13.0. The van der Waals surface area contributed by atoms with Crippen molar-refractivity contribution in [2.24, 2.45) is 0 Å². The monoisotopic (exact) mass is 331 g/mol. The minimum atomic E-state index is -0.416. The molecule has 2 aromatic rings. The molecule has 20 heavy (non-hydrogen) atoms. The molecule has 1 unspecified atom stereocenters. The van der Waals surface area contributed by atoms with Crippen molar-refractivity contribution in [1.82, 2.24) is 5.32 Å². The topological polar surface area (TPSA) is 12.0 Å². The maximum absolute atomic E-state index is 13.5. The summed E-state index contributed by atoms with van der Waals surface area (Å²) >= 11 is 18.1.